The molecule has 2 aliphatic rings. The molecule has 0 saturated carbocycles. The monoisotopic (exact) mass is 512 g/mol. The molecule has 1 saturated heterocycles. The highest BCUT2D eigenvalue weighted by atomic mass is 19.3. The minimum atomic E-state index is -2.75. The second kappa shape index (κ2) is 9.35. The number of aryl methyl sites for hydroxylation is 1. The van der Waals surface area contributed by atoms with Crippen molar-refractivity contribution in [1.29, 1.82) is 0 Å². The van der Waals surface area contributed by atoms with Crippen LogP contribution in [0.5, 0.6) is 0 Å². The van der Waals surface area contributed by atoms with Crippen LogP contribution >= 0.6 is 0 Å². The van der Waals surface area contributed by atoms with Crippen LogP contribution in [0.3, 0.4) is 0 Å². The molecule has 4 heterocycles. The zero-order chi connectivity index (χ0) is 26.5. The zero-order valence-electron chi connectivity index (χ0n) is 21.3. The summed E-state index contributed by atoms with van der Waals surface area (Å²) in [6, 6.07) is 5.89. The lowest BCUT2D eigenvalue weighted by atomic mass is 9.90. The number of amides is 2. The van der Waals surface area contributed by atoms with Crippen molar-refractivity contribution in [3.63, 3.8) is 0 Å². The highest BCUT2D eigenvalue weighted by Gasteiger charge is 2.37. The predicted octanol–water partition coefficient (Wildman–Crippen LogP) is 5.06. The van der Waals surface area contributed by atoms with E-state index in [-0.39, 0.29) is 29.9 Å². The van der Waals surface area contributed by atoms with Gasteiger partial charge in [0.2, 0.25) is 12.3 Å². The molecule has 0 radical (unpaired) electrons. The number of hydrogen-bond acceptors (Lipinski definition) is 6. The number of likely N-dealkylation sites (tertiary alicyclic amines) is 1. The number of nitrogens with one attached hydrogen (secondary N) is 1. The molecule has 0 aliphatic carbocycles. The molecule has 37 heavy (non-hydrogen) atoms. The van der Waals surface area contributed by atoms with Crippen molar-refractivity contribution < 1.29 is 23.1 Å². The lowest BCUT2D eigenvalue weighted by Crippen LogP contribution is -2.42. The van der Waals surface area contributed by atoms with Gasteiger partial charge in [-0.2, -0.15) is 5.10 Å². The largest absolute Gasteiger partial charge is 0.444 e. The fourth-order valence-corrected chi connectivity index (χ4v) is 5.05. The number of rotatable bonds is 3. The molecule has 1 fully saturated rings. The number of carbonyl (C=O) groups excluding carboxylic acids is 2. The van der Waals surface area contributed by atoms with Crippen molar-refractivity contribution in [1.82, 2.24) is 24.6 Å². The van der Waals surface area contributed by atoms with Crippen LogP contribution in [0.15, 0.2) is 24.5 Å². The summed E-state index contributed by atoms with van der Waals surface area (Å²) in [7, 11) is 0. The van der Waals surface area contributed by atoms with Gasteiger partial charge in [-0.3, -0.25) is 9.48 Å². The average Bonchev–Trinajstić information content (AvgIpc) is 3.20. The Morgan fingerprint density at radius 1 is 1.16 bits per heavy atom. The van der Waals surface area contributed by atoms with Crippen LogP contribution in [0.1, 0.15) is 63.1 Å². The third-order valence-corrected chi connectivity index (χ3v) is 6.77. The number of halogens is 2. The maximum Gasteiger partial charge on any atom is 0.410 e. The molecule has 0 unspecified atom stereocenters. The van der Waals surface area contributed by atoms with Crippen molar-refractivity contribution in [2.45, 2.75) is 70.9 Å². The van der Waals surface area contributed by atoms with Crippen LogP contribution in [-0.4, -0.2) is 61.8 Å². The summed E-state index contributed by atoms with van der Waals surface area (Å²) < 4.78 is 35.5. The Morgan fingerprint density at radius 2 is 1.89 bits per heavy atom. The fourth-order valence-electron chi connectivity index (χ4n) is 5.05. The van der Waals surface area contributed by atoms with Crippen molar-refractivity contribution in [2.75, 3.05) is 18.4 Å². The van der Waals surface area contributed by atoms with Gasteiger partial charge < -0.3 is 15.0 Å². The molecule has 0 bridgehead atoms. The standard InChI is InChI=1S/C26H30F2N6O3/c1-14-5-6-16-18(11-14)34(15-7-9-33(10-8-15)25(36)37-26(2,3)4)32-21(16)22-20-17(23(27)28)12-19(35)31-24(20)30-13-29-22/h5-6,11,13,15,17,23H,7-10,12H2,1-4H3,(H,29,30,31,35)/t17-/m1/s1. The SMILES string of the molecule is Cc1ccc2c(-c3ncnc4c3[C@H](C(F)F)CC(=O)N4)nn(C3CCN(C(=O)OC(C)(C)C)CC3)c2c1. The van der Waals surface area contributed by atoms with Gasteiger partial charge in [-0.05, 0) is 52.2 Å². The predicted molar refractivity (Wildman–Crippen MR) is 134 cm³/mol. The molecule has 3 aromatic rings. The van der Waals surface area contributed by atoms with Gasteiger partial charge in [0.15, 0.2) is 0 Å². The van der Waals surface area contributed by atoms with E-state index in [0.29, 0.717) is 37.3 Å². The number of alkyl halides is 2. The number of hydrogen-bond donors (Lipinski definition) is 1. The first-order valence-electron chi connectivity index (χ1n) is 12.4. The van der Waals surface area contributed by atoms with E-state index in [4.69, 9.17) is 9.84 Å². The molecule has 1 atom stereocenters. The highest BCUT2D eigenvalue weighted by molar-refractivity contribution is 5.98. The second-order valence-electron chi connectivity index (χ2n) is 10.7. The van der Waals surface area contributed by atoms with E-state index < -0.39 is 23.9 Å². The van der Waals surface area contributed by atoms with E-state index in [9.17, 15) is 18.4 Å². The van der Waals surface area contributed by atoms with Crippen LogP contribution in [0.4, 0.5) is 19.4 Å². The molecule has 11 heteroatoms. The van der Waals surface area contributed by atoms with E-state index >= 15 is 0 Å². The van der Waals surface area contributed by atoms with E-state index in [1.54, 1.807) is 4.90 Å². The minimum Gasteiger partial charge on any atom is -0.444 e. The van der Waals surface area contributed by atoms with Crippen molar-refractivity contribution >= 4 is 28.7 Å². The number of anilines is 1. The smallest absolute Gasteiger partial charge is 0.410 e. The summed E-state index contributed by atoms with van der Waals surface area (Å²) in [4.78, 5) is 34.7. The Labute approximate surface area is 213 Å². The summed E-state index contributed by atoms with van der Waals surface area (Å²) in [5.41, 5.74) is 2.33. The number of benzene rings is 1. The summed E-state index contributed by atoms with van der Waals surface area (Å²) in [6.45, 7) is 8.54. The van der Waals surface area contributed by atoms with E-state index in [1.165, 1.54) is 6.33 Å². The van der Waals surface area contributed by atoms with Gasteiger partial charge in [0, 0.05) is 30.5 Å². The number of carbonyl (C=O) groups is 2. The third-order valence-electron chi connectivity index (χ3n) is 6.77. The highest BCUT2D eigenvalue weighted by Crippen LogP contribution is 2.42. The topological polar surface area (TPSA) is 102 Å². The Bertz CT molecular complexity index is 1360. The van der Waals surface area contributed by atoms with Crippen molar-refractivity contribution in [2.24, 2.45) is 0 Å². The Morgan fingerprint density at radius 3 is 2.57 bits per heavy atom. The summed E-state index contributed by atoms with van der Waals surface area (Å²) in [5, 5.41) is 8.30. The quantitative estimate of drug-likeness (QED) is 0.526. The number of piperidine rings is 1. The summed E-state index contributed by atoms with van der Waals surface area (Å²) in [6.07, 6.45) is -0.822. The summed E-state index contributed by atoms with van der Waals surface area (Å²) in [5.74, 6) is -1.71. The lowest BCUT2D eigenvalue weighted by molar-refractivity contribution is -0.117. The molecule has 1 aromatic carbocycles. The number of aromatic nitrogens is 4. The molecule has 0 spiro atoms. The van der Waals surface area contributed by atoms with Gasteiger partial charge in [-0.15, -0.1) is 0 Å². The first kappa shape index (κ1) is 25.0. The second-order valence-corrected chi connectivity index (χ2v) is 10.7. The first-order valence-corrected chi connectivity index (χ1v) is 12.4. The van der Waals surface area contributed by atoms with E-state index in [0.717, 1.165) is 16.5 Å². The molecule has 2 amide bonds. The molecule has 9 nitrogen and oxygen atoms in total. The molecule has 2 aromatic heterocycles. The van der Waals surface area contributed by atoms with Gasteiger partial charge in [0.05, 0.1) is 17.5 Å². The van der Waals surface area contributed by atoms with Crippen LogP contribution in [0.2, 0.25) is 0 Å². The third kappa shape index (κ3) is 4.86. The molecule has 1 N–H and O–H groups in total. The number of fused-ring (bicyclic) bond motifs is 2. The first-order chi connectivity index (χ1) is 17.5. The van der Waals surface area contributed by atoms with E-state index in [2.05, 4.69) is 15.3 Å². The van der Waals surface area contributed by atoms with Gasteiger partial charge in [-0.25, -0.2) is 23.5 Å². The fraction of sp³-hybridized carbons (Fsp3) is 0.500. The van der Waals surface area contributed by atoms with Gasteiger partial charge in [0.1, 0.15) is 29.1 Å². The van der Waals surface area contributed by atoms with Gasteiger partial charge in [-0.1, -0.05) is 12.1 Å². The van der Waals surface area contributed by atoms with Crippen molar-refractivity contribution in [3.05, 3.63) is 35.7 Å². The normalized spacial score (nSPS) is 18.7. The maximum atomic E-state index is 14.0. The Hall–Kier alpha value is -3.63. The number of nitrogens with zero attached hydrogens (tertiary/aromatic N) is 5. The minimum absolute atomic E-state index is 0.00000121. The van der Waals surface area contributed by atoms with Crippen LogP contribution in [0, 0.1) is 6.92 Å². The van der Waals surface area contributed by atoms with Crippen LogP contribution in [0.25, 0.3) is 22.3 Å². The molecular formula is C26H30F2N6O3. The Balaban J connectivity index is 1.53. The number of ether oxygens (including phenoxy) is 1. The molecule has 5 rings (SSSR count). The lowest BCUT2D eigenvalue weighted by Gasteiger charge is -2.33. The summed E-state index contributed by atoms with van der Waals surface area (Å²) >= 11 is 0. The Kier molecular flexibility index (Phi) is 6.33. The zero-order valence-corrected chi connectivity index (χ0v) is 21.3. The van der Waals surface area contributed by atoms with Gasteiger partial charge >= 0.3 is 6.09 Å². The average molecular weight is 513 g/mol. The van der Waals surface area contributed by atoms with Crippen molar-refractivity contribution in [3.8, 4) is 11.4 Å². The van der Waals surface area contributed by atoms with Gasteiger partial charge in [0.25, 0.3) is 0 Å². The van der Waals surface area contributed by atoms with E-state index in [1.807, 2.05) is 50.6 Å². The molecular weight excluding hydrogens is 482 g/mol. The van der Waals surface area contributed by atoms with Crippen LogP contribution in [-0.2, 0) is 9.53 Å². The molecule has 196 valence electrons. The maximum absolute atomic E-state index is 14.0. The molecule has 2 aliphatic heterocycles. The van der Waals surface area contributed by atoms with Crippen LogP contribution < -0.4 is 5.32 Å².